The number of nitrogens with zero attached hydrogens (tertiary/aromatic N) is 1. The monoisotopic (exact) mass is 252 g/mol. The van der Waals surface area contributed by atoms with Crippen LogP contribution in [0, 0.1) is 12.8 Å². The molecule has 100 valence electrons. The molecule has 0 bridgehead atoms. The third-order valence-electron chi connectivity index (χ3n) is 2.64. The van der Waals surface area contributed by atoms with Crippen molar-refractivity contribution in [2.75, 3.05) is 11.9 Å². The summed E-state index contributed by atoms with van der Waals surface area (Å²) in [6.45, 7) is 5.84. The van der Waals surface area contributed by atoms with Crippen LogP contribution in [0.4, 0.5) is 5.82 Å². The number of rotatable bonds is 6. The standard InChI is InChI=1S/C13H20N2O3/c1-8(2)6-10(7-16)15-12-5-4-11(13(17)18)9(3)14-12/h4-5,8,10,16H,6-7H2,1-3H3,(H,14,15)(H,17,18). The Balaban J connectivity index is 2.78. The number of aryl methyl sites for hydroxylation is 1. The van der Waals surface area contributed by atoms with E-state index in [1.165, 1.54) is 6.07 Å². The smallest absolute Gasteiger partial charge is 0.337 e. The fourth-order valence-corrected chi connectivity index (χ4v) is 1.82. The number of carboxylic acid groups (broad SMARTS) is 1. The van der Waals surface area contributed by atoms with Gasteiger partial charge < -0.3 is 15.5 Å². The molecule has 0 aliphatic heterocycles. The lowest BCUT2D eigenvalue weighted by atomic mass is 10.0. The van der Waals surface area contributed by atoms with Gasteiger partial charge in [0, 0.05) is 0 Å². The molecule has 0 fully saturated rings. The minimum Gasteiger partial charge on any atom is -0.478 e. The fourth-order valence-electron chi connectivity index (χ4n) is 1.82. The molecule has 0 aliphatic carbocycles. The third-order valence-corrected chi connectivity index (χ3v) is 2.64. The molecular formula is C13H20N2O3. The molecule has 0 aliphatic rings. The number of pyridine rings is 1. The first-order valence-corrected chi connectivity index (χ1v) is 6.02. The molecule has 1 aromatic heterocycles. The topological polar surface area (TPSA) is 82.5 Å². The van der Waals surface area contributed by atoms with Gasteiger partial charge in [-0.1, -0.05) is 13.8 Å². The summed E-state index contributed by atoms with van der Waals surface area (Å²) in [6.07, 6.45) is 0.831. The largest absolute Gasteiger partial charge is 0.478 e. The Morgan fingerprint density at radius 1 is 1.44 bits per heavy atom. The van der Waals surface area contributed by atoms with Gasteiger partial charge >= 0.3 is 5.97 Å². The minimum atomic E-state index is -0.979. The first-order valence-electron chi connectivity index (χ1n) is 6.02. The van der Waals surface area contributed by atoms with Crippen molar-refractivity contribution < 1.29 is 15.0 Å². The lowest BCUT2D eigenvalue weighted by Crippen LogP contribution is -2.26. The van der Waals surface area contributed by atoms with Crippen molar-refractivity contribution >= 4 is 11.8 Å². The highest BCUT2D eigenvalue weighted by atomic mass is 16.4. The molecule has 1 atom stereocenters. The summed E-state index contributed by atoms with van der Waals surface area (Å²) < 4.78 is 0. The van der Waals surface area contributed by atoms with E-state index in [1.807, 2.05) is 0 Å². The zero-order valence-electron chi connectivity index (χ0n) is 11.0. The Labute approximate surface area is 107 Å². The zero-order chi connectivity index (χ0) is 13.7. The highest BCUT2D eigenvalue weighted by Crippen LogP contribution is 2.14. The summed E-state index contributed by atoms with van der Waals surface area (Å²) in [4.78, 5) is 15.0. The van der Waals surface area contributed by atoms with Gasteiger partial charge in [0.15, 0.2) is 0 Å². The van der Waals surface area contributed by atoms with Gasteiger partial charge in [0.25, 0.3) is 0 Å². The van der Waals surface area contributed by atoms with E-state index in [4.69, 9.17) is 5.11 Å². The second-order valence-corrected chi connectivity index (χ2v) is 4.79. The SMILES string of the molecule is Cc1nc(NC(CO)CC(C)C)ccc1C(=O)O. The molecule has 0 saturated carbocycles. The van der Waals surface area contributed by atoms with Crippen LogP contribution < -0.4 is 5.32 Å². The number of carbonyl (C=O) groups is 1. The zero-order valence-corrected chi connectivity index (χ0v) is 11.0. The van der Waals surface area contributed by atoms with E-state index in [2.05, 4.69) is 24.1 Å². The maximum atomic E-state index is 10.9. The molecule has 0 aromatic carbocycles. The number of nitrogens with one attached hydrogen (secondary N) is 1. The van der Waals surface area contributed by atoms with Crippen LogP contribution in [-0.2, 0) is 0 Å². The van der Waals surface area contributed by atoms with Crippen LogP contribution in [0.1, 0.15) is 36.3 Å². The molecular weight excluding hydrogens is 232 g/mol. The average Bonchev–Trinajstić information content (AvgIpc) is 2.27. The second-order valence-electron chi connectivity index (χ2n) is 4.79. The van der Waals surface area contributed by atoms with E-state index < -0.39 is 5.97 Å². The van der Waals surface area contributed by atoms with Crippen LogP contribution in [0.15, 0.2) is 12.1 Å². The van der Waals surface area contributed by atoms with Crippen molar-refractivity contribution in [3.63, 3.8) is 0 Å². The van der Waals surface area contributed by atoms with Crippen molar-refractivity contribution in [3.05, 3.63) is 23.4 Å². The maximum Gasteiger partial charge on any atom is 0.337 e. The van der Waals surface area contributed by atoms with Gasteiger partial charge in [0.05, 0.1) is 23.9 Å². The number of carboxylic acids is 1. The van der Waals surface area contributed by atoms with Crippen LogP contribution in [0.25, 0.3) is 0 Å². The predicted molar refractivity (Wildman–Crippen MR) is 69.9 cm³/mol. The van der Waals surface area contributed by atoms with E-state index in [-0.39, 0.29) is 18.2 Å². The number of aromatic nitrogens is 1. The summed E-state index contributed by atoms with van der Waals surface area (Å²) in [7, 11) is 0. The van der Waals surface area contributed by atoms with E-state index in [0.29, 0.717) is 17.4 Å². The van der Waals surface area contributed by atoms with Gasteiger partial charge in [-0.3, -0.25) is 0 Å². The summed E-state index contributed by atoms with van der Waals surface area (Å²) >= 11 is 0. The molecule has 1 unspecified atom stereocenters. The van der Waals surface area contributed by atoms with Crippen LogP contribution in [-0.4, -0.2) is 33.8 Å². The number of aliphatic hydroxyl groups excluding tert-OH is 1. The van der Waals surface area contributed by atoms with Crippen LogP contribution in [0.3, 0.4) is 0 Å². The van der Waals surface area contributed by atoms with Crippen molar-refractivity contribution in [1.82, 2.24) is 4.98 Å². The third kappa shape index (κ3) is 4.00. The average molecular weight is 252 g/mol. The maximum absolute atomic E-state index is 10.9. The first kappa shape index (κ1) is 14.4. The number of anilines is 1. The molecule has 18 heavy (non-hydrogen) atoms. The van der Waals surface area contributed by atoms with Crippen molar-refractivity contribution in [2.45, 2.75) is 33.2 Å². The molecule has 0 spiro atoms. The highest BCUT2D eigenvalue weighted by Gasteiger charge is 2.12. The molecule has 0 amide bonds. The molecule has 1 rings (SSSR count). The summed E-state index contributed by atoms with van der Waals surface area (Å²) in [5.74, 6) is 0.0821. The Morgan fingerprint density at radius 2 is 2.11 bits per heavy atom. The summed E-state index contributed by atoms with van der Waals surface area (Å²) in [6, 6.07) is 3.09. The van der Waals surface area contributed by atoms with Gasteiger partial charge in [0.2, 0.25) is 0 Å². The molecule has 3 N–H and O–H groups in total. The summed E-state index contributed by atoms with van der Waals surface area (Å²) in [5, 5.41) is 21.3. The molecule has 0 saturated heterocycles. The van der Waals surface area contributed by atoms with Crippen LogP contribution in [0.5, 0.6) is 0 Å². The van der Waals surface area contributed by atoms with Crippen molar-refractivity contribution in [2.24, 2.45) is 5.92 Å². The van der Waals surface area contributed by atoms with Crippen molar-refractivity contribution in [3.8, 4) is 0 Å². The number of hydrogen-bond acceptors (Lipinski definition) is 4. The van der Waals surface area contributed by atoms with Crippen molar-refractivity contribution in [1.29, 1.82) is 0 Å². The Morgan fingerprint density at radius 3 is 2.56 bits per heavy atom. The van der Waals surface area contributed by atoms with Gasteiger partial charge in [0.1, 0.15) is 5.82 Å². The lowest BCUT2D eigenvalue weighted by Gasteiger charge is -2.19. The van der Waals surface area contributed by atoms with Crippen LogP contribution >= 0.6 is 0 Å². The van der Waals surface area contributed by atoms with Gasteiger partial charge in [-0.15, -0.1) is 0 Å². The van der Waals surface area contributed by atoms with Gasteiger partial charge in [-0.25, -0.2) is 9.78 Å². The van der Waals surface area contributed by atoms with Gasteiger partial charge in [-0.05, 0) is 31.4 Å². The Hall–Kier alpha value is -1.62. The minimum absolute atomic E-state index is 0.0274. The second kappa shape index (κ2) is 6.35. The van der Waals surface area contributed by atoms with E-state index in [0.717, 1.165) is 6.42 Å². The molecule has 5 nitrogen and oxygen atoms in total. The first-order chi connectivity index (χ1) is 8.43. The van der Waals surface area contributed by atoms with Crippen LogP contribution in [0.2, 0.25) is 0 Å². The highest BCUT2D eigenvalue weighted by molar-refractivity contribution is 5.89. The molecule has 1 heterocycles. The lowest BCUT2D eigenvalue weighted by molar-refractivity contribution is 0.0695. The van der Waals surface area contributed by atoms with E-state index in [1.54, 1.807) is 13.0 Å². The number of aromatic carboxylic acids is 1. The van der Waals surface area contributed by atoms with E-state index in [9.17, 15) is 9.90 Å². The molecule has 1 aromatic rings. The summed E-state index contributed by atoms with van der Waals surface area (Å²) in [5.41, 5.74) is 0.665. The molecule has 5 heteroatoms. The number of hydrogen-bond donors (Lipinski definition) is 3. The van der Waals surface area contributed by atoms with Gasteiger partial charge in [-0.2, -0.15) is 0 Å². The Bertz CT molecular complexity index is 419. The van der Waals surface area contributed by atoms with E-state index >= 15 is 0 Å². The predicted octanol–water partition coefficient (Wildman–Crippen LogP) is 1.91. The number of aliphatic hydroxyl groups is 1. The fraction of sp³-hybridized carbons (Fsp3) is 0.538. The normalized spacial score (nSPS) is 12.5. The quantitative estimate of drug-likeness (QED) is 0.720. The molecule has 0 radical (unpaired) electrons. The Kier molecular flexibility index (Phi) is 5.09.